The number of ether oxygens (including phenoxy) is 3. The van der Waals surface area contributed by atoms with E-state index in [0.29, 0.717) is 22.3 Å². The number of benzene rings is 2. The zero-order valence-electron chi connectivity index (χ0n) is 16.3. The van der Waals surface area contributed by atoms with Gasteiger partial charge in [-0.05, 0) is 62.7 Å². The zero-order valence-corrected chi connectivity index (χ0v) is 16.3. The molecule has 1 atom stereocenters. The molecule has 28 heavy (non-hydrogen) atoms. The van der Waals surface area contributed by atoms with Crippen molar-refractivity contribution in [2.45, 2.75) is 26.9 Å². The summed E-state index contributed by atoms with van der Waals surface area (Å²) < 4.78 is 21.9. The van der Waals surface area contributed by atoms with Crippen LogP contribution in [0.3, 0.4) is 0 Å². The van der Waals surface area contributed by atoms with Crippen LogP contribution in [0.4, 0.5) is 0 Å². The number of carbonyl (C=O) groups excluding carboxylic acids is 1. The third-order valence-corrected chi connectivity index (χ3v) is 4.27. The fraction of sp³-hybridized carbons (Fsp3) is 0.273. The van der Waals surface area contributed by atoms with Crippen LogP contribution in [0.5, 0.6) is 11.5 Å². The first-order chi connectivity index (χ1) is 13.4. The second-order valence-electron chi connectivity index (χ2n) is 6.33. The predicted molar refractivity (Wildman–Crippen MR) is 106 cm³/mol. The van der Waals surface area contributed by atoms with Crippen molar-refractivity contribution >= 4 is 16.9 Å². The third kappa shape index (κ3) is 3.86. The maximum atomic E-state index is 13.1. The van der Waals surface area contributed by atoms with Crippen molar-refractivity contribution in [2.75, 3.05) is 13.7 Å². The number of esters is 1. The Hall–Kier alpha value is -3.28. The molecule has 3 rings (SSSR count). The number of rotatable bonds is 6. The van der Waals surface area contributed by atoms with Gasteiger partial charge in [-0.1, -0.05) is 6.07 Å². The number of aryl methyl sites for hydroxylation is 1. The molecule has 0 fully saturated rings. The second-order valence-corrected chi connectivity index (χ2v) is 6.33. The third-order valence-electron chi connectivity index (χ3n) is 4.27. The van der Waals surface area contributed by atoms with E-state index in [2.05, 4.69) is 0 Å². The molecule has 1 heterocycles. The molecule has 6 nitrogen and oxygen atoms in total. The Balaban J connectivity index is 2.17. The Morgan fingerprint density at radius 1 is 1.14 bits per heavy atom. The highest BCUT2D eigenvalue weighted by Crippen LogP contribution is 2.32. The van der Waals surface area contributed by atoms with E-state index in [0.717, 1.165) is 5.56 Å². The van der Waals surface area contributed by atoms with Gasteiger partial charge in [0, 0.05) is 5.56 Å². The van der Waals surface area contributed by atoms with Crippen molar-refractivity contribution in [2.24, 2.45) is 0 Å². The molecule has 0 bridgehead atoms. The van der Waals surface area contributed by atoms with Crippen LogP contribution in [0, 0.1) is 6.92 Å². The highest BCUT2D eigenvalue weighted by Gasteiger charge is 2.23. The van der Waals surface area contributed by atoms with Crippen molar-refractivity contribution in [3.05, 3.63) is 58.3 Å². The van der Waals surface area contributed by atoms with Gasteiger partial charge in [-0.3, -0.25) is 4.79 Å². The summed E-state index contributed by atoms with van der Waals surface area (Å²) in [4.78, 5) is 25.1. The molecule has 0 amide bonds. The molecule has 0 radical (unpaired) electrons. The molecule has 6 heteroatoms. The first-order valence-electron chi connectivity index (χ1n) is 8.99. The van der Waals surface area contributed by atoms with Gasteiger partial charge in [0.2, 0.25) is 11.2 Å². The lowest BCUT2D eigenvalue weighted by molar-refractivity contribution is -0.150. The topological polar surface area (TPSA) is 75.0 Å². The molecule has 0 saturated carbocycles. The number of methoxy groups -OCH3 is 1. The van der Waals surface area contributed by atoms with E-state index in [-0.39, 0.29) is 23.5 Å². The maximum Gasteiger partial charge on any atom is 0.347 e. The summed E-state index contributed by atoms with van der Waals surface area (Å²) in [5, 5.41) is 0.383. The van der Waals surface area contributed by atoms with Crippen molar-refractivity contribution in [3.8, 4) is 22.8 Å². The number of fused-ring (bicyclic) bond motifs is 1. The lowest BCUT2D eigenvalue weighted by atomic mass is 10.1. The molecule has 1 unspecified atom stereocenters. The fourth-order valence-corrected chi connectivity index (χ4v) is 2.81. The molecular formula is C22H22O6. The average Bonchev–Trinajstić information content (AvgIpc) is 2.70. The fourth-order valence-electron chi connectivity index (χ4n) is 2.81. The average molecular weight is 382 g/mol. The molecule has 0 aliphatic rings. The summed E-state index contributed by atoms with van der Waals surface area (Å²) >= 11 is 0. The lowest BCUT2D eigenvalue weighted by Gasteiger charge is -2.16. The molecule has 146 valence electrons. The van der Waals surface area contributed by atoms with E-state index in [1.165, 1.54) is 6.92 Å². The van der Waals surface area contributed by atoms with Crippen LogP contribution in [0.2, 0.25) is 0 Å². The van der Waals surface area contributed by atoms with Gasteiger partial charge in [-0.2, -0.15) is 0 Å². The highest BCUT2D eigenvalue weighted by molar-refractivity contribution is 5.83. The second kappa shape index (κ2) is 8.17. The summed E-state index contributed by atoms with van der Waals surface area (Å²) in [6.45, 7) is 5.39. The standard InChI is InChI=1S/C22H22O6/c1-5-26-22(24)14(3)27-21-19(23)17-11-6-13(2)12-18(17)28-20(21)15-7-9-16(25-4)10-8-15/h6-12,14H,5H2,1-4H3. The van der Waals surface area contributed by atoms with Gasteiger partial charge in [0.15, 0.2) is 11.9 Å². The SMILES string of the molecule is CCOC(=O)C(C)Oc1c(-c2ccc(OC)cc2)oc2cc(C)ccc2c1=O. The van der Waals surface area contributed by atoms with Crippen molar-refractivity contribution in [1.29, 1.82) is 0 Å². The molecule has 0 aliphatic heterocycles. The van der Waals surface area contributed by atoms with Crippen LogP contribution in [0.15, 0.2) is 51.7 Å². The summed E-state index contributed by atoms with van der Waals surface area (Å²) in [6, 6.07) is 12.4. The quantitative estimate of drug-likeness (QED) is 0.597. The number of hydrogen-bond acceptors (Lipinski definition) is 6. The molecule has 0 spiro atoms. The van der Waals surface area contributed by atoms with Crippen molar-refractivity contribution < 1.29 is 23.4 Å². The van der Waals surface area contributed by atoms with Crippen LogP contribution < -0.4 is 14.9 Å². The molecule has 1 aromatic heterocycles. The zero-order chi connectivity index (χ0) is 20.3. The Bertz CT molecular complexity index is 1050. The molecule has 0 N–H and O–H groups in total. The normalized spacial score (nSPS) is 11.9. The summed E-state index contributed by atoms with van der Waals surface area (Å²) in [6.07, 6.45) is -0.956. The van der Waals surface area contributed by atoms with E-state index in [1.54, 1.807) is 50.4 Å². The summed E-state index contributed by atoms with van der Waals surface area (Å²) in [5.74, 6) is 0.348. The van der Waals surface area contributed by atoms with Crippen LogP contribution in [-0.2, 0) is 9.53 Å². The van der Waals surface area contributed by atoms with E-state index >= 15 is 0 Å². The minimum atomic E-state index is -0.956. The first-order valence-corrected chi connectivity index (χ1v) is 8.99. The number of hydrogen-bond donors (Lipinski definition) is 0. The van der Waals surface area contributed by atoms with E-state index < -0.39 is 12.1 Å². The van der Waals surface area contributed by atoms with Gasteiger partial charge in [0.05, 0.1) is 19.1 Å². The van der Waals surface area contributed by atoms with Gasteiger partial charge >= 0.3 is 5.97 Å². The van der Waals surface area contributed by atoms with Gasteiger partial charge < -0.3 is 18.6 Å². The molecule has 3 aromatic rings. The Morgan fingerprint density at radius 3 is 2.50 bits per heavy atom. The van der Waals surface area contributed by atoms with Crippen LogP contribution in [0.1, 0.15) is 19.4 Å². The largest absolute Gasteiger partial charge is 0.497 e. The van der Waals surface area contributed by atoms with Gasteiger partial charge in [-0.25, -0.2) is 4.79 Å². The predicted octanol–water partition coefficient (Wildman–Crippen LogP) is 4.11. The Labute approximate surface area is 162 Å². The lowest BCUT2D eigenvalue weighted by Crippen LogP contribution is -2.28. The molecule has 0 aliphatic carbocycles. The Morgan fingerprint density at radius 2 is 1.86 bits per heavy atom. The maximum absolute atomic E-state index is 13.1. The van der Waals surface area contributed by atoms with Crippen molar-refractivity contribution in [3.63, 3.8) is 0 Å². The van der Waals surface area contributed by atoms with Crippen LogP contribution in [-0.4, -0.2) is 25.8 Å². The van der Waals surface area contributed by atoms with Crippen LogP contribution in [0.25, 0.3) is 22.3 Å². The molecular weight excluding hydrogens is 360 g/mol. The monoisotopic (exact) mass is 382 g/mol. The summed E-state index contributed by atoms with van der Waals surface area (Å²) in [7, 11) is 1.57. The van der Waals surface area contributed by atoms with Gasteiger partial charge in [0.25, 0.3) is 0 Å². The van der Waals surface area contributed by atoms with E-state index in [1.807, 2.05) is 13.0 Å². The van der Waals surface area contributed by atoms with E-state index in [9.17, 15) is 9.59 Å². The first kappa shape index (κ1) is 19.5. The van der Waals surface area contributed by atoms with Crippen molar-refractivity contribution in [1.82, 2.24) is 0 Å². The van der Waals surface area contributed by atoms with Crippen LogP contribution >= 0.6 is 0 Å². The highest BCUT2D eigenvalue weighted by atomic mass is 16.6. The van der Waals surface area contributed by atoms with Gasteiger partial charge in [0.1, 0.15) is 11.3 Å². The molecule has 2 aromatic carbocycles. The smallest absolute Gasteiger partial charge is 0.347 e. The summed E-state index contributed by atoms with van der Waals surface area (Å²) in [5.41, 5.74) is 1.70. The Kier molecular flexibility index (Phi) is 5.68. The van der Waals surface area contributed by atoms with Gasteiger partial charge in [-0.15, -0.1) is 0 Å². The minimum absolute atomic E-state index is 0.0259. The molecule has 0 saturated heterocycles. The number of carbonyl (C=O) groups is 1. The minimum Gasteiger partial charge on any atom is -0.497 e. The van der Waals surface area contributed by atoms with E-state index in [4.69, 9.17) is 18.6 Å².